The van der Waals surface area contributed by atoms with Crippen molar-refractivity contribution in [2.45, 2.75) is 49.1 Å². The Balaban J connectivity index is 1.40. The van der Waals surface area contributed by atoms with Crippen molar-refractivity contribution in [2.75, 3.05) is 18.2 Å². The van der Waals surface area contributed by atoms with E-state index in [1.807, 2.05) is 0 Å². The fraction of sp³-hybridized carbons (Fsp3) is 0.500. The zero-order valence-corrected chi connectivity index (χ0v) is 16.7. The van der Waals surface area contributed by atoms with Crippen LogP contribution in [-0.2, 0) is 16.1 Å². The summed E-state index contributed by atoms with van der Waals surface area (Å²) in [6.45, 7) is 0.0188. The van der Waals surface area contributed by atoms with Crippen LogP contribution in [0.15, 0.2) is 22.5 Å². The number of methoxy groups -OCH3 is 1. The smallest absolute Gasteiger partial charge is 0.316 e. The van der Waals surface area contributed by atoms with E-state index in [1.54, 1.807) is 6.07 Å². The number of carbonyl (C=O) groups excluding carboxylic acids is 1. The Morgan fingerprint density at radius 1 is 1.33 bits per heavy atom. The molecule has 1 aliphatic carbocycles. The van der Waals surface area contributed by atoms with Gasteiger partial charge in [-0.15, -0.1) is 10.2 Å². The fourth-order valence-corrected chi connectivity index (χ4v) is 4.50. The Morgan fingerprint density at radius 2 is 2.15 bits per heavy atom. The molecule has 3 rings (SSSR count). The predicted octanol–water partition coefficient (Wildman–Crippen LogP) is 4.27. The summed E-state index contributed by atoms with van der Waals surface area (Å²) in [5, 5.41) is 12.5. The highest BCUT2D eigenvalue weighted by Crippen LogP contribution is 2.28. The summed E-state index contributed by atoms with van der Waals surface area (Å²) in [5.74, 6) is -0.563. The summed E-state index contributed by atoms with van der Waals surface area (Å²) >= 11 is 2.74. The minimum absolute atomic E-state index is 0.0188. The summed E-state index contributed by atoms with van der Waals surface area (Å²) < 4.78 is 24.4. The van der Waals surface area contributed by atoms with E-state index < -0.39 is 5.82 Å². The van der Waals surface area contributed by atoms with Crippen LogP contribution in [0.1, 0.15) is 37.7 Å². The van der Waals surface area contributed by atoms with Gasteiger partial charge >= 0.3 is 5.97 Å². The Kier molecular flexibility index (Phi) is 7.28. The number of ether oxygens (including phenoxy) is 2. The van der Waals surface area contributed by atoms with Gasteiger partial charge in [0.05, 0.1) is 12.9 Å². The number of benzene rings is 1. The topological polar surface area (TPSA) is 73.3 Å². The lowest BCUT2D eigenvalue weighted by Gasteiger charge is -2.21. The molecule has 0 unspecified atom stereocenters. The van der Waals surface area contributed by atoms with Crippen molar-refractivity contribution in [2.24, 2.45) is 0 Å². The van der Waals surface area contributed by atoms with Gasteiger partial charge in [0.25, 0.3) is 0 Å². The zero-order valence-electron chi connectivity index (χ0n) is 15.1. The number of esters is 1. The summed E-state index contributed by atoms with van der Waals surface area (Å²) in [6, 6.07) is 4.94. The maximum absolute atomic E-state index is 13.6. The number of nitrogens with zero attached hydrogens (tertiary/aromatic N) is 2. The van der Waals surface area contributed by atoms with E-state index in [4.69, 9.17) is 9.47 Å². The highest BCUT2D eigenvalue weighted by molar-refractivity contribution is 8.01. The van der Waals surface area contributed by atoms with E-state index in [1.165, 1.54) is 74.4 Å². The molecule has 1 aromatic heterocycles. The number of hydrogen-bond acceptors (Lipinski definition) is 8. The van der Waals surface area contributed by atoms with Crippen LogP contribution in [0.5, 0.6) is 5.75 Å². The van der Waals surface area contributed by atoms with Gasteiger partial charge in [-0.05, 0) is 30.5 Å². The van der Waals surface area contributed by atoms with E-state index in [-0.39, 0.29) is 24.1 Å². The number of thioether (sulfide) groups is 1. The Hall–Kier alpha value is -1.87. The van der Waals surface area contributed by atoms with Crippen LogP contribution in [-0.4, -0.2) is 35.1 Å². The van der Waals surface area contributed by atoms with Crippen LogP contribution in [0.25, 0.3) is 0 Å². The largest absolute Gasteiger partial charge is 0.494 e. The Labute approximate surface area is 165 Å². The summed E-state index contributed by atoms with van der Waals surface area (Å²) in [6.07, 6.45) is 6.14. The van der Waals surface area contributed by atoms with Crippen LogP contribution in [0.3, 0.4) is 0 Å². The molecule has 146 valence electrons. The second-order valence-electron chi connectivity index (χ2n) is 6.27. The van der Waals surface area contributed by atoms with Crippen LogP contribution >= 0.6 is 23.1 Å². The van der Waals surface area contributed by atoms with Crippen molar-refractivity contribution in [3.63, 3.8) is 0 Å². The number of anilines is 1. The zero-order chi connectivity index (χ0) is 19.1. The van der Waals surface area contributed by atoms with E-state index in [0.717, 1.165) is 9.47 Å². The third-order valence-electron chi connectivity index (χ3n) is 4.27. The molecule has 0 amide bonds. The van der Waals surface area contributed by atoms with E-state index in [0.29, 0.717) is 11.6 Å². The van der Waals surface area contributed by atoms with Gasteiger partial charge < -0.3 is 14.8 Å². The van der Waals surface area contributed by atoms with Gasteiger partial charge in [0.2, 0.25) is 5.13 Å². The quantitative estimate of drug-likeness (QED) is 0.514. The predicted molar refractivity (Wildman–Crippen MR) is 104 cm³/mol. The molecule has 1 N–H and O–H groups in total. The number of hydrogen-bond donors (Lipinski definition) is 1. The van der Waals surface area contributed by atoms with Crippen molar-refractivity contribution in [1.29, 1.82) is 0 Å². The molecular weight excluding hydrogens is 389 g/mol. The van der Waals surface area contributed by atoms with Crippen molar-refractivity contribution in [1.82, 2.24) is 10.2 Å². The van der Waals surface area contributed by atoms with Gasteiger partial charge in [0.15, 0.2) is 15.9 Å². The first-order valence-electron chi connectivity index (χ1n) is 8.85. The van der Waals surface area contributed by atoms with Crippen LogP contribution in [0, 0.1) is 5.82 Å². The average molecular weight is 412 g/mol. The molecule has 1 aromatic carbocycles. The summed E-state index contributed by atoms with van der Waals surface area (Å²) in [4.78, 5) is 11.9. The first-order valence-corrected chi connectivity index (χ1v) is 10.6. The minimum Gasteiger partial charge on any atom is -0.494 e. The first-order chi connectivity index (χ1) is 13.1. The highest BCUT2D eigenvalue weighted by atomic mass is 32.2. The molecule has 0 saturated heterocycles. The second kappa shape index (κ2) is 9.89. The van der Waals surface area contributed by atoms with Gasteiger partial charge in [0, 0.05) is 6.04 Å². The summed E-state index contributed by atoms with van der Waals surface area (Å²) in [7, 11) is 1.40. The number of rotatable bonds is 8. The number of halogens is 1. The number of aromatic nitrogens is 2. The lowest BCUT2D eigenvalue weighted by atomic mass is 9.96. The SMILES string of the molecule is COc1ccc(COC(=O)CSc2nnc(NC3CCCCC3)s2)cc1F. The molecule has 1 aliphatic rings. The third kappa shape index (κ3) is 6.07. The van der Waals surface area contributed by atoms with Gasteiger partial charge in [-0.3, -0.25) is 4.79 Å². The molecule has 27 heavy (non-hydrogen) atoms. The molecular formula is C18H22FN3O3S2. The van der Waals surface area contributed by atoms with Gasteiger partial charge in [-0.2, -0.15) is 0 Å². The molecule has 6 nitrogen and oxygen atoms in total. The number of carbonyl (C=O) groups is 1. The monoisotopic (exact) mass is 411 g/mol. The van der Waals surface area contributed by atoms with Gasteiger partial charge in [0.1, 0.15) is 6.61 Å². The molecule has 0 aliphatic heterocycles. The standard InChI is InChI=1S/C18H22FN3O3S2/c1-24-15-8-7-12(9-14(15)19)10-25-16(23)11-26-18-22-21-17(27-18)20-13-5-3-2-4-6-13/h7-9,13H,2-6,10-11H2,1H3,(H,20,21). The van der Waals surface area contributed by atoms with Gasteiger partial charge in [-0.25, -0.2) is 4.39 Å². The summed E-state index contributed by atoms with van der Waals surface area (Å²) in [5.41, 5.74) is 0.571. The first kappa shape index (κ1) is 19.9. The Morgan fingerprint density at radius 3 is 2.89 bits per heavy atom. The minimum atomic E-state index is -0.479. The van der Waals surface area contributed by atoms with Gasteiger partial charge in [-0.1, -0.05) is 48.4 Å². The number of nitrogens with one attached hydrogen (secondary N) is 1. The highest BCUT2D eigenvalue weighted by Gasteiger charge is 2.16. The molecule has 0 atom stereocenters. The second-order valence-corrected chi connectivity index (χ2v) is 8.47. The van der Waals surface area contributed by atoms with Crippen molar-refractivity contribution in [3.8, 4) is 5.75 Å². The van der Waals surface area contributed by atoms with Crippen molar-refractivity contribution >= 4 is 34.2 Å². The van der Waals surface area contributed by atoms with Crippen molar-refractivity contribution in [3.05, 3.63) is 29.6 Å². The molecule has 1 fully saturated rings. The van der Waals surface area contributed by atoms with Crippen LogP contribution in [0.4, 0.5) is 9.52 Å². The van der Waals surface area contributed by atoms with Crippen molar-refractivity contribution < 1.29 is 18.7 Å². The van der Waals surface area contributed by atoms with Crippen LogP contribution < -0.4 is 10.1 Å². The third-order valence-corrected chi connectivity index (χ3v) is 6.23. The van der Waals surface area contributed by atoms with E-state index in [2.05, 4.69) is 15.5 Å². The molecule has 2 aromatic rings. The van der Waals surface area contributed by atoms with E-state index in [9.17, 15) is 9.18 Å². The molecule has 1 heterocycles. The Bertz CT molecular complexity index is 766. The van der Waals surface area contributed by atoms with E-state index >= 15 is 0 Å². The normalized spacial score (nSPS) is 14.7. The maximum Gasteiger partial charge on any atom is 0.316 e. The molecule has 9 heteroatoms. The lowest BCUT2D eigenvalue weighted by molar-refractivity contribution is -0.141. The maximum atomic E-state index is 13.6. The lowest BCUT2D eigenvalue weighted by Crippen LogP contribution is -2.21. The van der Waals surface area contributed by atoms with Crippen LogP contribution in [0.2, 0.25) is 0 Å². The fourth-order valence-electron chi connectivity index (χ4n) is 2.87. The average Bonchev–Trinajstić information content (AvgIpc) is 3.13. The molecule has 0 bridgehead atoms. The molecule has 0 spiro atoms. The molecule has 1 saturated carbocycles. The molecule has 0 radical (unpaired) electrons.